The highest BCUT2D eigenvalue weighted by atomic mass is 16.6. The fraction of sp³-hybridized carbons (Fsp3) is 0.417. The van der Waals surface area contributed by atoms with Gasteiger partial charge in [-0.25, -0.2) is 0 Å². The zero-order valence-corrected chi connectivity index (χ0v) is 11.2. The number of carbonyl (C=O) groups is 1. The van der Waals surface area contributed by atoms with Crippen LogP contribution in [-0.2, 0) is 0 Å². The van der Waals surface area contributed by atoms with Gasteiger partial charge in [-0.3, -0.25) is 20.8 Å². The van der Waals surface area contributed by atoms with E-state index in [1.807, 2.05) is 13.8 Å². The fourth-order valence-corrected chi connectivity index (χ4v) is 1.61. The lowest BCUT2D eigenvalue weighted by Crippen LogP contribution is -2.32. The first-order valence-electron chi connectivity index (χ1n) is 5.97. The molecule has 0 radical (unpaired) electrons. The maximum Gasteiger partial charge on any atom is 0.294 e. The molecule has 104 valence electrons. The van der Waals surface area contributed by atoms with Crippen LogP contribution in [0.2, 0.25) is 0 Å². The number of aryl methyl sites for hydroxylation is 1. The molecule has 0 saturated carbocycles. The van der Waals surface area contributed by atoms with E-state index in [9.17, 15) is 14.9 Å². The molecule has 0 fully saturated rings. The van der Waals surface area contributed by atoms with E-state index in [4.69, 9.17) is 5.84 Å². The van der Waals surface area contributed by atoms with Crippen molar-refractivity contribution in [1.82, 2.24) is 5.32 Å². The molecular formula is C12H18N4O3. The quantitative estimate of drug-likeness (QED) is 0.427. The summed E-state index contributed by atoms with van der Waals surface area (Å²) in [7, 11) is 0. The van der Waals surface area contributed by atoms with Crippen LogP contribution in [0.15, 0.2) is 12.1 Å². The largest absolute Gasteiger partial charge is 0.350 e. The van der Waals surface area contributed by atoms with Crippen LogP contribution in [0, 0.1) is 17.0 Å². The molecule has 1 amide bonds. The topological polar surface area (TPSA) is 110 Å². The molecule has 19 heavy (non-hydrogen) atoms. The normalized spacial score (nSPS) is 11.8. The van der Waals surface area contributed by atoms with E-state index in [-0.39, 0.29) is 28.9 Å². The molecular weight excluding hydrogens is 248 g/mol. The number of nitro benzene ring substituents is 1. The van der Waals surface area contributed by atoms with Gasteiger partial charge >= 0.3 is 0 Å². The molecule has 7 heteroatoms. The fourth-order valence-electron chi connectivity index (χ4n) is 1.61. The van der Waals surface area contributed by atoms with E-state index in [1.54, 1.807) is 6.92 Å². The van der Waals surface area contributed by atoms with E-state index >= 15 is 0 Å². The Hall–Kier alpha value is -2.15. The number of carbonyl (C=O) groups excluding carboxylic acids is 1. The lowest BCUT2D eigenvalue weighted by atomic mass is 10.0. The summed E-state index contributed by atoms with van der Waals surface area (Å²) in [5, 5.41) is 13.7. The molecule has 0 aliphatic carbocycles. The van der Waals surface area contributed by atoms with Crippen LogP contribution in [0.5, 0.6) is 0 Å². The van der Waals surface area contributed by atoms with Gasteiger partial charge in [0.1, 0.15) is 5.69 Å². The van der Waals surface area contributed by atoms with Crippen LogP contribution in [0.4, 0.5) is 11.4 Å². The minimum absolute atomic E-state index is 0.0123. The second kappa shape index (κ2) is 6.14. The van der Waals surface area contributed by atoms with E-state index in [1.165, 1.54) is 12.1 Å². The summed E-state index contributed by atoms with van der Waals surface area (Å²) >= 11 is 0. The molecule has 1 rings (SSSR count). The van der Waals surface area contributed by atoms with Gasteiger partial charge in [0, 0.05) is 17.7 Å². The summed E-state index contributed by atoms with van der Waals surface area (Å²) in [5.74, 6) is 4.91. The smallest absolute Gasteiger partial charge is 0.294 e. The van der Waals surface area contributed by atoms with Crippen LogP contribution in [-0.4, -0.2) is 16.9 Å². The Morgan fingerprint density at radius 1 is 1.53 bits per heavy atom. The summed E-state index contributed by atoms with van der Waals surface area (Å²) in [6.45, 7) is 5.52. The molecule has 0 saturated heterocycles. The molecule has 1 unspecified atom stereocenters. The minimum atomic E-state index is -0.575. The third-order valence-corrected chi connectivity index (χ3v) is 2.93. The number of anilines is 1. The van der Waals surface area contributed by atoms with Gasteiger partial charge in [0.15, 0.2) is 0 Å². The standard InChI is InChI=1S/C12H18N4O3/c1-4-8(3)14-12(17)9-6-11(16(18)19)10(15-13)5-7(9)2/h5-6,8,15H,4,13H2,1-3H3,(H,14,17). The Labute approximate surface area is 111 Å². The van der Waals surface area contributed by atoms with E-state index in [2.05, 4.69) is 10.7 Å². The summed E-state index contributed by atoms with van der Waals surface area (Å²) in [6, 6.07) is 2.74. The molecule has 0 aromatic heterocycles. The number of nitrogen functional groups attached to an aromatic ring is 1. The van der Waals surface area contributed by atoms with Crippen LogP contribution in [0.25, 0.3) is 0 Å². The zero-order chi connectivity index (χ0) is 14.6. The maximum absolute atomic E-state index is 12.0. The highest BCUT2D eigenvalue weighted by Crippen LogP contribution is 2.27. The van der Waals surface area contributed by atoms with Crippen LogP contribution >= 0.6 is 0 Å². The molecule has 0 spiro atoms. The minimum Gasteiger partial charge on any atom is -0.350 e. The first-order valence-corrected chi connectivity index (χ1v) is 5.97. The number of nitrogens with two attached hydrogens (primary N) is 1. The second-order valence-electron chi connectivity index (χ2n) is 4.37. The van der Waals surface area contributed by atoms with Gasteiger partial charge < -0.3 is 10.7 Å². The molecule has 1 atom stereocenters. The van der Waals surface area contributed by atoms with Gasteiger partial charge in [-0.15, -0.1) is 0 Å². The predicted octanol–water partition coefficient (Wildman–Crippen LogP) is 1.72. The first kappa shape index (κ1) is 14.9. The third-order valence-electron chi connectivity index (χ3n) is 2.93. The predicted molar refractivity (Wildman–Crippen MR) is 72.9 cm³/mol. The van der Waals surface area contributed by atoms with Crippen molar-refractivity contribution < 1.29 is 9.72 Å². The number of amides is 1. The monoisotopic (exact) mass is 266 g/mol. The Morgan fingerprint density at radius 2 is 2.16 bits per heavy atom. The Bertz CT molecular complexity index is 502. The van der Waals surface area contributed by atoms with Crippen LogP contribution < -0.4 is 16.6 Å². The van der Waals surface area contributed by atoms with Crippen LogP contribution in [0.3, 0.4) is 0 Å². The molecule has 0 aliphatic heterocycles. The molecule has 1 aromatic carbocycles. The summed E-state index contributed by atoms with van der Waals surface area (Å²) < 4.78 is 0. The van der Waals surface area contributed by atoms with Crippen LogP contribution in [0.1, 0.15) is 36.2 Å². The lowest BCUT2D eigenvalue weighted by Gasteiger charge is -2.13. The number of hydrogen-bond acceptors (Lipinski definition) is 5. The van der Waals surface area contributed by atoms with Crippen molar-refractivity contribution in [2.75, 3.05) is 5.43 Å². The summed E-state index contributed by atoms with van der Waals surface area (Å²) in [4.78, 5) is 22.4. The molecule has 4 N–H and O–H groups in total. The number of nitrogens with zero attached hydrogens (tertiary/aromatic N) is 1. The molecule has 7 nitrogen and oxygen atoms in total. The molecule has 1 aromatic rings. The Kier molecular flexibility index (Phi) is 4.82. The van der Waals surface area contributed by atoms with E-state index in [0.717, 1.165) is 6.42 Å². The molecule has 0 heterocycles. The van der Waals surface area contributed by atoms with Crippen molar-refractivity contribution in [3.8, 4) is 0 Å². The zero-order valence-electron chi connectivity index (χ0n) is 11.2. The van der Waals surface area contributed by atoms with Gasteiger partial charge in [-0.05, 0) is 31.9 Å². The van der Waals surface area contributed by atoms with Crippen molar-refractivity contribution in [3.05, 3.63) is 33.4 Å². The lowest BCUT2D eigenvalue weighted by molar-refractivity contribution is -0.384. The number of nitro groups is 1. The van der Waals surface area contributed by atoms with Gasteiger partial charge in [-0.2, -0.15) is 0 Å². The number of hydrazine groups is 1. The van der Waals surface area contributed by atoms with E-state index in [0.29, 0.717) is 5.56 Å². The first-order chi connectivity index (χ1) is 8.90. The van der Waals surface area contributed by atoms with Gasteiger partial charge in [0.2, 0.25) is 0 Å². The highest BCUT2D eigenvalue weighted by Gasteiger charge is 2.20. The third kappa shape index (κ3) is 3.41. The van der Waals surface area contributed by atoms with Crippen molar-refractivity contribution in [2.45, 2.75) is 33.2 Å². The van der Waals surface area contributed by atoms with Crippen molar-refractivity contribution >= 4 is 17.3 Å². The van der Waals surface area contributed by atoms with Crippen molar-refractivity contribution in [3.63, 3.8) is 0 Å². The second-order valence-corrected chi connectivity index (χ2v) is 4.37. The summed E-state index contributed by atoms with van der Waals surface area (Å²) in [5.41, 5.74) is 3.13. The number of benzene rings is 1. The Balaban J connectivity index is 3.18. The SMILES string of the molecule is CCC(C)NC(=O)c1cc([N+](=O)[O-])c(NN)cc1C. The highest BCUT2D eigenvalue weighted by molar-refractivity contribution is 5.97. The van der Waals surface area contributed by atoms with Crippen molar-refractivity contribution in [2.24, 2.45) is 5.84 Å². The van der Waals surface area contributed by atoms with Crippen molar-refractivity contribution in [1.29, 1.82) is 0 Å². The average molecular weight is 266 g/mol. The Morgan fingerprint density at radius 3 is 2.63 bits per heavy atom. The van der Waals surface area contributed by atoms with Gasteiger partial charge in [0.25, 0.3) is 11.6 Å². The number of rotatable bonds is 5. The summed E-state index contributed by atoms with van der Waals surface area (Å²) in [6.07, 6.45) is 0.787. The average Bonchev–Trinajstić information content (AvgIpc) is 2.37. The molecule has 0 aliphatic rings. The molecule has 0 bridgehead atoms. The van der Waals surface area contributed by atoms with Gasteiger partial charge in [0.05, 0.1) is 4.92 Å². The maximum atomic E-state index is 12.0. The van der Waals surface area contributed by atoms with Gasteiger partial charge in [-0.1, -0.05) is 6.92 Å². The number of nitrogens with one attached hydrogen (secondary N) is 2. The number of hydrogen-bond donors (Lipinski definition) is 3. The van der Waals surface area contributed by atoms with E-state index < -0.39 is 4.92 Å².